The van der Waals surface area contributed by atoms with Gasteiger partial charge in [-0.25, -0.2) is 17.9 Å². The van der Waals surface area contributed by atoms with Gasteiger partial charge in [0.05, 0.1) is 5.56 Å². The summed E-state index contributed by atoms with van der Waals surface area (Å²) in [6, 6.07) is 13.7. The SMILES string of the molecule is O=S(=O)(Nc1ccc2[nH]c(O)c(-c3nc4ccccn4n3)c2c1)c1cccs1. The minimum atomic E-state index is -3.67. The van der Waals surface area contributed by atoms with E-state index in [4.69, 9.17) is 0 Å². The van der Waals surface area contributed by atoms with Crippen molar-refractivity contribution < 1.29 is 13.5 Å². The van der Waals surface area contributed by atoms with E-state index >= 15 is 0 Å². The molecule has 0 saturated heterocycles. The molecule has 1 aromatic carbocycles. The van der Waals surface area contributed by atoms with Gasteiger partial charge >= 0.3 is 0 Å². The molecule has 10 heteroatoms. The molecule has 0 aliphatic rings. The third-order valence-corrected chi connectivity index (χ3v) is 7.03. The lowest BCUT2D eigenvalue weighted by molar-refractivity contribution is 0.460. The van der Waals surface area contributed by atoms with Crippen molar-refractivity contribution >= 4 is 43.6 Å². The van der Waals surface area contributed by atoms with Crippen molar-refractivity contribution in [3.8, 4) is 17.3 Å². The van der Waals surface area contributed by atoms with Gasteiger partial charge in [0.15, 0.2) is 11.5 Å². The first-order valence-corrected chi connectivity index (χ1v) is 10.6. The monoisotopic (exact) mass is 411 g/mol. The number of aromatic nitrogens is 4. The third kappa shape index (κ3) is 2.70. The van der Waals surface area contributed by atoms with Crippen molar-refractivity contribution in [1.29, 1.82) is 0 Å². The van der Waals surface area contributed by atoms with Crippen LogP contribution in [0.4, 0.5) is 5.69 Å². The quantitative estimate of drug-likeness (QED) is 0.419. The van der Waals surface area contributed by atoms with Crippen LogP contribution in [0.2, 0.25) is 0 Å². The first-order valence-electron chi connectivity index (χ1n) is 8.24. The molecule has 140 valence electrons. The van der Waals surface area contributed by atoms with E-state index < -0.39 is 10.0 Å². The van der Waals surface area contributed by atoms with E-state index in [9.17, 15) is 13.5 Å². The summed E-state index contributed by atoms with van der Waals surface area (Å²) in [5.74, 6) is 0.261. The molecule has 0 spiro atoms. The number of H-pyrrole nitrogens is 1. The Morgan fingerprint density at radius 1 is 1.14 bits per heavy atom. The van der Waals surface area contributed by atoms with E-state index in [1.165, 1.54) is 0 Å². The number of aromatic amines is 1. The van der Waals surface area contributed by atoms with Gasteiger partial charge in [0.2, 0.25) is 5.88 Å². The highest BCUT2D eigenvalue weighted by molar-refractivity contribution is 7.94. The predicted molar refractivity (Wildman–Crippen MR) is 107 cm³/mol. The summed E-state index contributed by atoms with van der Waals surface area (Å²) in [5.41, 5.74) is 2.08. The highest BCUT2D eigenvalue weighted by Gasteiger charge is 2.20. The van der Waals surface area contributed by atoms with Crippen LogP contribution in [0, 0.1) is 0 Å². The maximum Gasteiger partial charge on any atom is 0.271 e. The summed E-state index contributed by atoms with van der Waals surface area (Å²) in [4.78, 5) is 7.32. The van der Waals surface area contributed by atoms with E-state index in [1.807, 2.05) is 18.2 Å². The van der Waals surface area contributed by atoms with Crippen molar-refractivity contribution in [3.63, 3.8) is 0 Å². The van der Waals surface area contributed by atoms with Crippen LogP contribution in [-0.4, -0.2) is 33.1 Å². The number of hydrogen-bond donors (Lipinski definition) is 3. The molecule has 5 rings (SSSR count). The molecule has 4 aromatic heterocycles. The Bertz CT molecular complexity index is 1390. The fourth-order valence-electron chi connectivity index (χ4n) is 3.03. The van der Waals surface area contributed by atoms with Crippen LogP contribution in [0.15, 0.2) is 64.3 Å². The number of nitrogens with zero attached hydrogens (tertiary/aromatic N) is 3. The molecule has 0 saturated carbocycles. The number of thiophene rings is 1. The second kappa shape index (κ2) is 6.08. The van der Waals surface area contributed by atoms with Crippen LogP contribution >= 0.6 is 11.3 Å². The molecule has 0 atom stereocenters. The van der Waals surface area contributed by atoms with E-state index in [0.29, 0.717) is 33.6 Å². The number of hydrogen-bond acceptors (Lipinski definition) is 6. The lowest BCUT2D eigenvalue weighted by Gasteiger charge is -2.06. The van der Waals surface area contributed by atoms with Crippen molar-refractivity contribution in [2.45, 2.75) is 4.21 Å². The van der Waals surface area contributed by atoms with Gasteiger partial charge in [-0.15, -0.1) is 16.4 Å². The third-order valence-electron chi connectivity index (χ3n) is 4.26. The molecule has 3 N–H and O–H groups in total. The number of benzene rings is 1. The predicted octanol–water partition coefficient (Wildman–Crippen LogP) is 3.45. The number of pyridine rings is 1. The largest absolute Gasteiger partial charge is 0.494 e. The van der Waals surface area contributed by atoms with Crippen LogP contribution in [0.5, 0.6) is 5.88 Å². The zero-order valence-electron chi connectivity index (χ0n) is 14.2. The van der Waals surface area contributed by atoms with E-state index in [0.717, 1.165) is 11.3 Å². The molecule has 0 fully saturated rings. The topological polar surface area (TPSA) is 112 Å². The Labute approximate surface area is 163 Å². The zero-order valence-corrected chi connectivity index (χ0v) is 15.8. The fraction of sp³-hybridized carbons (Fsp3) is 0. The lowest BCUT2D eigenvalue weighted by atomic mass is 10.1. The van der Waals surface area contributed by atoms with Crippen molar-refractivity contribution in [3.05, 3.63) is 60.1 Å². The zero-order chi connectivity index (χ0) is 19.3. The minimum Gasteiger partial charge on any atom is -0.494 e. The molecule has 0 unspecified atom stereocenters. The Morgan fingerprint density at radius 2 is 2.04 bits per heavy atom. The number of fused-ring (bicyclic) bond motifs is 2. The smallest absolute Gasteiger partial charge is 0.271 e. The Kier molecular flexibility index (Phi) is 3.64. The van der Waals surface area contributed by atoms with Gasteiger partial charge in [-0.05, 0) is 41.8 Å². The Hall–Kier alpha value is -3.37. The molecular weight excluding hydrogens is 398 g/mol. The van der Waals surface area contributed by atoms with Gasteiger partial charge in [-0.1, -0.05) is 12.1 Å². The van der Waals surface area contributed by atoms with Gasteiger partial charge in [0.25, 0.3) is 10.0 Å². The second-order valence-electron chi connectivity index (χ2n) is 6.09. The van der Waals surface area contributed by atoms with Crippen LogP contribution in [0.25, 0.3) is 27.9 Å². The van der Waals surface area contributed by atoms with Gasteiger partial charge in [0, 0.05) is 22.8 Å². The fourth-order valence-corrected chi connectivity index (χ4v) is 5.07. The Balaban J connectivity index is 1.62. The summed E-state index contributed by atoms with van der Waals surface area (Å²) in [6.45, 7) is 0. The van der Waals surface area contributed by atoms with Crippen LogP contribution in [-0.2, 0) is 10.0 Å². The van der Waals surface area contributed by atoms with Gasteiger partial charge in [0.1, 0.15) is 4.21 Å². The lowest BCUT2D eigenvalue weighted by Crippen LogP contribution is -2.11. The summed E-state index contributed by atoms with van der Waals surface area (Å²) < 4.78 is 29.4. The van der Waals surface area contributed by atoms with Gasteiger partial charge in [-0.3, -0.25) is 4.72 Å². The van der Waals surface area contributed by atoms with Crippen LogP contribution in [0.3, 0.4) is 0 Å². The maximum absolute atomic E-state index is 12.5. The Morgan fingerprint density at radius 3 is 2.82 bits per heavy atom. The molecular formula is C18H13N5O3S2. The first-order chi connectivity index (χ1) is 13.5. The average molecular weight is 411 g/mol. The number of sulfonamides is 1. The highest BCUT2D eigenvalue weighted by Crippen LogP contribution is 2.36. The molecule has 0 bridgehead atoms. The number of anilines is 1. The number of aromatic hydroxyl groups is 1. The first kappa shape index (κ1) is 16.8. The number of nitrogens with one attached hydrogen (secondary N) is 2. The summed E-state index contributed by atoms with van der Waals surface area (Å²) in [6.07, 6.45) is 1.76. The van der Waals surface area contributed by atoms with E-state index in [-0.39, 0.29) is 10.1 Å². The molecule has 5 aromatic rings. The van der Waals surface area contributed by atoms with Crippen molar-refractivity contribution in [1.82, 2.24) is 19.6 Å². The van der Waals surface area contributed by atoms with Crippen LogP contribution < -0.4 is 4.72 Å². The normalized spacial score (nSPS) is 12.0. The standard InChI is InChI=1S/C18H13N5O3S2/c24-18-16(17-20-14-4-1-2-8-23(14)21-17)12-10-11(6-7-13(12)19-18)22-28(25,26)15-5-3-9-27-15/h1-10,19,22,24H. The molecule has 0 aliphatic carbocycles. The summed E-state index contributed by atoms with van der Waals surface area (Å²) >= 11 is 1.14. The molecule has 8 nitrogen and oxygen atoms in total. The summed E-state index contributed by atoms with van der Waals surface area (Å²) in [5, 5.41) is 17.1. The van der Waals surface area contributed by atoms with Gasteiger partial charge in [-0.2, -0.15) is 0 Å². The maximum atomic E-state index is 12.5. The van der Waals surface area contributed by atoms with Crippen molar-refractivity contribution in [2.24, 2.45) is 0 Å². The minimum absolute atomic E-state index is 0.0795. The van der Waals surface area contributed by atoms with Crippen molar-refractivity contribution in [2.75, 3.05) is 4.72 Å². The average Bonchev–Trinajstić information content (AvgIpc) is 3.38. The van der Waals surface area contributed by atoms with Gasteiger partial charge < -0.3 is 10.1 Å². The summed E-state index contributed by atoms with van der Waals surface area (Å²) in [7, 11) is -3.67. The van der Waals surface area contributed by atoms with E-state index in [1.54, 1.807) is 46.4 Å². The molecule has 28 heavy (non-hydrogen) atoms. The van der Waals surface area contributed by atoms with E-state index in [2.05, 4.69) is 19.8 Å². The molecule has 0 radical (unpaired) electrons. The molecule has 4 heterocycles. The van der Waals surface area contributed by atoms with Crippen LogP contribution in [0.1, 0.15) is 0 Å². The molecule has 0 amide bonds. The second-order valence-corrected chi connectivity index (χ2v) is 8.94. The molecule has 0 aliphatic heterocycles. The number of rotatable bonds is 4. The highest BCUT2D eigenvalue weighted by atomic mass is 32.2.